The molecule has 132 valence electrons. The van der Waals surface area contributed by atoms with Crippen LogP contribution in [-0.4, -0.2) is 24.2 Å². The number of halogens is 2. The van der Waals surface area contributed by atoms with Crippen molar-refractivity contribution in [3.05, 3.63) is 63.6 Å². The largest absolute Gasteiger partial charge is 0.462 e. The van der Waals surface area contributed by atoms with Crippen molar-refractivity contribution in [2.24, 2.45) is 0 Å². The molecule has 0 aliphatic heterocycles. The molecule has 25 heavy (non-hydrogen) atoms. The SMILES string of the molecule is CCOC(=O)c1cc(NC(=O)CSCc2ccccc2Cl)ccc1Cl. The van der Waals surface area contributed by atoms with Gasteiger partial charge in [-0.25, -0.2) is 4.79 Å². The molecule has 1 amide bonds. The zero-order chi connectivity index (χ0) is 18.2. The van der Waals surface area contributed by atoms with Gasteiger partial charge in [0.25, 0.3) is 0 Å². The van der Waals surface area contributed by atoms with E-state index in [1.807, 2.05) is 24.3 Å². The molecule has 2 rings (SSSR count). The summed E-state index contributed by atoms with van der Waals surface area (Å²) in [6.07, 6.45) is 0. The number of benzene rings is 2. The molecule has 2 aromatic rings. The lowest BCUT2D eigenvalue weighted by Crippen LogP contribution is -2.15. The molecule has 0 saturated heterocycles. The lowest BCUT2D eigenvalue weighted by atomic mass is 10.2. The van der Waals surface area contributed by atoms with E-state index in [0.29, 0.717) is 16.5 Å². The fraction of sp³-hybridized carbons (Fsp3) is 0.222. The molecule has 0 bridgehead atoms. The third kappa shape index (κ3) is 5.96. The minimum absolute atomic E-state index is 0.172. The highest BCUT2D eigenvalue weighted by Crippen LogP contribution is 2.23. The number of thioether (sulfide) groups is 1. The van der Waals surface area contributed by atoms with Crippen LogP contribution in [0.1, 0.15) is 22.8 Å². The van der Waals surface area contributed by atoms with Crippen LogP contribution in [0, 0.1) is 0 Å². The van der Waals surface area contributed by atoms with Gasteiger partial charge in [0.2, 0.25) is 5.91 Å². The topological polar surface area (TPSA) is 55.4 Å². The Morgan fingerprint density at radius 3 is 2.60 bits per heavy atom. The molecule has 0 saturated carbocycles. The summed E-state index contributed by atoms with van der Waals surface area (Å²) in [6, 6.07) is 12.2. The number of ether oxygens (including phenoxy) is 1. The van der Waals surface area contributed by atoms with Crippen LogP contribution in [0.3, 0.4) is 0 Å². The number of amides is 1. The summed E-state index contributed by atoms with van der Waals surface area (Å²) in [6.45, 7) is 1.97. The highest BCUT2D eigenvalue weighted by molar-refractivity contribution is 7.99. The predicted octanol–water partition coefficient (Wildman–Crippen LogP) is 5.04. The standard InChI is InChI=1S/C18H17Cl2NO3S/c1-2-24-18(23)14-9-13(7-8-16(14)20)21-17(22)11-25-10-12-5-3-4-6-15(12)19/h3-9H,2,10-11H2,1H3,(H,21,22). The van der Waals surface area contributed by atoms with Gasteiger partial charge >= 0.3 is 5.97 Å². The predicted molar refractivity (Wildman–Crippen MR) is 104 cm³/mol. The second kappa shape index (κ2) is 9.70. The fourth-order valence-corrected chi connectivity index (χ4v) is 3.34. The van der Waals surface area contributed by atoms with Gasteiger partial charge in [-0.15, -0.1) is 11.8 Å². The third-order valence-electron chi connectivity index (χ3n) is 3.19. The van der Waals surface area contributed by atoms with Crippen molar-refractivity contribution in [1.29, 1.82) is 0 Å². The highest BCUT2D eigenvalue weighted by Gasteiger charge is 2.13. The average Bonchev–Trinajstić information content (AvgIpc) is 2.58. The Hall–Kier alpha value is -1.69. The Morgan fingerprint density at radius 2 is 1.88 bits per heavy atom. The molecular weight excluding hydrogens is 381 g/mol. The molecule has 0 aliphatic rings. The molecule has 0 atom stereocenters. The average molecular weight is 398 g/mol. The zero-order valence-electron chi connectivity index (χ0n) is 13.6. The summed E-state index contributed by atoms with van der Waals surface area (Å²) in [5.41, 5.74) is 1.71. The van der Waals surface area contributed by atoms with E-state index in [-0.39, 0.29) is 28.9 Å². The van der Waals surface area contributed by atoms with Crippen LogP contribution in [0.5, 0.6) is 0 Å². The maximum Gasteiger partial charge on any atom is 0.339 e. The normalized spacial score (nSPS) is 10.4. The number of hydrogen-bond acceptors (Lipinski definition) is 4. The Morgan fingerprint density at radius 1 is 1.12 bits per heavy atom. The van der Waals surface area contributed by atoms with E-state index in [1.165, 1.54) is 17.8 Å². The number of hydrogen-bond donors (Lipinski definition) is 1. The first-order valence-electron chi connectivity index (χ1n) is 7.59. The van der Waals surface area contributed by atoms with E-state index in [0.717, 1.165) is 5.56 Å². The van der Waals surface area contributed by atoms with Crippen LogP contribution in [0.2, 0.25) is 10.0 Å². The van der Waals surface area contributed by atoms with Crippen molar-refractivity contribution in [2.75, 3.05) is 17.7 Å². The number of nitrogens with one attached hydrogen (secondary N) is 1. The number of rotatable bonds is 7. The van der Waals surface area contributed by atoms with E-state index < -0.39 is 5.97 Å². The van der Waals surface area contributed by atoms with Crippen molar-refractivity contribution in [2.45, 2.75) is 12.7 Å². The van der Waals surface area contributed by atoms with Crippen molar-refractivity contribution < 1.29 is 14.3 Å². The molecule has 0 radical (unpaired) electrons. The first kappa shape index (κ1) is 19.6. The maximum atomic E-state index is 12.1. The van der Waals surface area contributed by atoms with Gasteiger partial charge in [0.1, 0.15) is 0 Å². The van der Waals surface area contributed by atoms with Gasteiger partial charge in [-0.1, -0.05) is 41.4 Å². The number of carbonyl (C=O) groups excluding carboxylic acids is 2. The fourth-order valence-electron chi connectivity index (χ4n) is 2.03. The molecule has 0 unspecified atom stereocenters. The summed E-state index contributed by atoms with van der Waals surface area (Å²) in [4.78, 5) is 23.9. The van der Waals surface area contributed by atoms with Crippen LogP contribution < -0.4 is 5.32 Å². The van der Waals surface area contributed by atoms with Crippen molar-refractivity contribution in [3.63, 3.8) is 0 Å². The molecule has 0 heterocycles. The summed E-state index contributed by atoms with van der Waals surface area (Å²) < 4.78 is 4.94. The monoisotopic (exact) mass is 397 g/mol. The highest BCUT2D eigenvalue weighted by atomic mass is 35.5. The summed E-state index contributed by atoms with van der Waals surface area (Å²) >= 11 is 13.5. The molecule has 0 aliphatic carbocycles. The van der Waals surface area contributed by atoms with Gasteiger partial charge < -0.3 is 10.1 Å². The van der Waals surface area contributed by atoms with Crippen LogP contribution in [0.15, 0.2) is 42.5 Å². The summed E-state index contributed by atoms with van der Waals surface area (Å²) in [5, 5.41) is 3.72. The molecular formula is C18H17Cl2NO3S. The zero-order valence-corrected chi connectivity index (χ0v) is 15.9. The van der Waals surface area contributed by atoms with Gasteiger partial charge in [-0.05, 0) is 36.8 Å². The van der Waals surface area contributed by atoms with Crippen LogP contribution in [0.4, 0.5) is 5.69 Å². The van der Waals surface area contributed by atoms with E-state index in [1.54, 1.807) is 19.1 Å². The Bertz CT molecular complexity index is 768. The van der Waals surface area contributed by atoms with Gasteiger partial charge in [-0.2, -0.15) is 0 Å². The third-order valence-corrected chi connectivity index (χ3v) is 4.87. The molecule has 4 nitrogen and oxygen atoms in total. The lowest BCUT2D eigenvalue weighted by molar-refractivity contribution is -0.113. The van der Waals surface area contributed by atoms with Gasteiger partial charge in [0, 0.05) is 16.5 Å². The maximum absolute atomic E-state index is 12.1. The quantitative estimate of drug-likeness (QED) is 0.664. The Balaban J connectivity index is 1.91. The minimum Gasteiger partial charge on any atom is -0.462 e. The van der Waals surface area contributed by atoms with E-state index in [2.05, 4.69) is 5.32 Å². The number of carbonyl (C=O) groups is 2. The Labute approximate surface area is 160 Å². The molecule has 2 aromatic carbocycles. The molecule has 0 spiro atoms. The van der Waals surface area contributed by atoms with E-state index in [9.17, 15) is 9.59 Å². The molecule has 7 heteroatoms. The van der Waals surface area contributed by atoms with Crippen molar-refractivity contribution in [1.82, 2.24) is 0 Å². The second-order valence-corrected chi connectivity index (χ2v) is 6.85. The van der Waals surface area contributed by atoms with E-state index in [4.69, 9.17) is 27.9 Å². The van der Waals surface area contributed by atoms with Crippen LogP contribution in [-0.2, 0) is 15.3 Å². The molecule has 0 fully saturated rings. The Kier molecular flexibility index (Phi) is 7.62. The first-order valence-corrected chi connectivity index (χ1v) is 9.50. The van der Waals surface area contributed by atoms with Crippen LogP contribution >= 0.6 is 35.0 Å². The molecule has 0 aromatic heterocycles. The lowest BCUT2D eigenvalue weighted by Gasteiger charge is -2.09. The minimum atomic E-state index is -0.517. The van der Waals surface area contributed by atoms with E-state index >= 15 is 0 Å². The smallest absolute Gasteiger partial charge is 0.339 e. The van der Waals surface area contributed by atoms with Crippen molar-refractivity contribution >= 4 is 52.5 Å². The number of esters is 1. The summed E-state index contributed by atoms with van der Waals surface area (Å²) in [5.74, 6) is 0.218. The van der Waals surface area contributed by atoms with Crippen LogP contribution in [0.25, 0.3) is 0 Å². The first-order chi connectivity index (χ1) is 12.0. The molecule has 1 N–H and O–H groups in total. The van der Waals surface area contributed by atoms with Gasteiger partial charge in [0.05, 0.1) is 22.9 Å². The number of anilines is 1. The van der Waals surface area contributed by atoms with Crippen molar-refractivity contribution in [3.8, 4) is 0 Å². The van der Waals surface area contributed by atoms with Gasteiger partial charge in [-0.3, -0.25) is 4.79 Å². The summed E-state index contributed by atoms with van der Waals surface area (Å²) in [7, 11) is 0. The second-order valence-electron chi connectivity index (χ2n) is 5.05. The van der Waals surface area contributed by atoms with Gasteiger partial charge in [0.15, 0.2) is 0 Å².